The number of benzene rings is 1. The fraction of sp³-hybridized carbons (Fsp3) is 0.471. The van der Waals surface area contributed by atoms with Crippen LogP contribution in [0, 0.1) is 0 Å². The van der Waals surface area contributed by atoms with Crippen LogP contribution in [0.15, 0.2) is 36.5 Å². The second kappa shape index (κ2) is 9.26. The molecule has 0 aliphatic rings. The lowest BCUT2D eigenvalue weighted by Gasteiger charge is -2.21. The third kappa shape index (κ3) is 5.35. The highest BCUT2D eigenvalue weighted by atomic mass is 16.5. The smallest absolute Gasteiger partial charge is 0.305 e. The van der Waals surface area contributed by atoms with E-state index in [4.69, 9.17) is 4.74 Å². The van der Waals surface area contributed by atoms with E-state index >= 15 is 0 Å². The zero-order valence-electron chi connectivity index (χ0n) is 14.0. The Morgan fingerprint density at radius 3 is 2.64 bits per heavy atom. The first-order valence-electron chi connectivity index (χ1n) is 8.20. The van der Waals surface area contributed by atoms with Gasteiger partial charge >= 0.3 is 5.97 Å². The molecule has 0 aliphatic carbocycles. The van der Waals surface area contributed by atoms with Gasteiger partial charge in [0.25, 0.3) is 0 Å². The third-order valence-corrected chi connectivity index (χ3v) is 3.67. The molecule has 0 unspecified atom stereocenters. The summed E-state index contributed by atoms with van der Waals surface area (Å²) in [4.78, 5) is 12.7. The maximum atomic E-state index is 11.4. The summed E-state index contributed by atoms with van der Waals surface area (Å²) < 4.78 is 4.89. The Kier molecular flexibility index (Phi) is 7.05. The Morgan fingerprint density at radius 2 is 1.96 bits per heavy atom. The minimum Gasteiger partial charge on any atom is -0.463 e. The predicted molar refractivity (Wildman–Crippen MR) is 88.8 cm³/mol. The van der Waals surface area contributed by atoms with E-state index < -0.39 is 30.9 Å². The minimum absolute atomic E-state index is 0.104. The van der Waals surface area contributed by atoms with Crippen molar-refractivity contribution in [2.24, 2.45) is 0 Å². The first-order chi connectivity index (χ1) is 12.0. The van der Waals surface area contributed by atoms with Crippen molar-refractivity contribution in [3.05, 3.63) is 42.2 Å². The Hall–Kier alpha value is -2.29. The first-order valence-corrected chi connectivity index (χ1v) is 8.20. The van der Waals surface area contributed by atoms with E-state index in [-0.39, 0.29) is 12.1 Å². The number of hydrogen-bond acceptors (Lipinski definition) is 7. The van der Waals surface area contributed by atoms with E-state index in [2.05, 4.69) is 10.2 Å². The number of hydrogen-bond donors (Lipinski definition) is 3. The first kappa shape index (κ1) is 19.0. The van der Waals surface area contributed by atoms with E-state index in [1.165, 1.54) is 11.0 Å². The lowest BCUT2D eigenvalue weighted by Crippen LogP contribution is -2.36. The van der Waals surface area contributed by atoms with Gasteiger partial charge in [0, 0.05) is 6.42 Å². The quantitative estimate of drug-likeness (QED) is 0.572. The number of ether oxygens (including phenoxy) is 1. The van der Waals surface area contributed by atoms with Gasteiger partial charge in [-0.2, -0.15) is 15.0 Å². The number of carbonyl (C=O) groups is 1. The molecule has 3 N–H and O–H groups in total. The molecule has 0 radical (unpaired) electrons. The monoisotopic (exact) mass is 349 g/mol. The summed E-state index contributed by atoms with van der Waals surface area (Å²) in [6.45, 7) is 1.55. The molecule has 0 amide bonds. The average molecular weight is 349 g/mol. The summed E-state index contributed by atoms with van der Waals surface area (Å²) >= 11 is 0. The van der Waals surface area contributed by atoms with Crippen LogP contribution in [0.1, 0.15) is 38.0 Å². The molecule has 8 heteroatoms. The third-order valence-electron chi connectivity index (χ3n) is 3.67. The standard InChI is InChI=1S/C17H23N3O5/c1-2-3-9-15(22)25-11-14(21)17(24)16(23)13-10-18-20(19-13)12-7-5-4-6-8-12/h4-8,10,14,16-17,21,23-24H,2-3,9,11H2,1H3/t14-,16-,17-/m1/s1. The van der Waals surface area contributed by atoms with Crippen LogP contribution in [0.3, 0.4) is 0 Å². The topological polar surface area (TPSA) is 118 Å². The molecule has 3 atom stereocenters. The molecule has 1 heterocycles. The lowest BCUT2D eigenvalue weighted by atomic mass is 10.1. The summed E-state index contributed by atoms with van der Waals surface area (Å²) in [5.74, 6) is -0.447. The largest absolute Gasteiger partial charge is 0.463 e. The molecule has 2 rings (SSSR count). The second-order valence-electron chi connectivity index (χ2n) is 5.68. The number of carbonyl (C=O) groups excluding carboxylic acids is 1. The van der Waals surface area contributed by atoms with Crippen molar-refractivity contribution >= 4 is 5.97 Å². The number of aliphatic hydroxyl groups is 3. The van der Waals surface area contributed by atoms with E-state index in [9.17, 15) is 20.1 Å². The molecule has 0 aliphatic heterocycles. The summed E-state index contributed by atoms with van der Waals surface area (Å²) in [6, 6.07) is 9.07. The van der Waals surface area contributed by atoms with Crippen LogP contribution in [0.25, 0.3) is 5.69 Å². The zero-order valence-corrected chi connectivity index (χ0v) is 14.0. The molecular formula is C17H23N3O5. The fourth-order valence-electron chi connectivity index (χ4n) is 2.15. The van der Waals surface area contributed by atoms with Gasteiger partial charge < -0.3 is 20.1 Å². The SMILES string of the molecule is CCCCC(=O)OC[C@@H](O)[C@@H](O)[C@H](O)c1cnn(-c2ccccc2)n1. The van der Waals surface area contributed by atoms with Gasteiger partial charge in [-0.1, -0.05) is 31.5 Å². The van der Waals surface area contributed by atoms with Crippen LogP contribution in [0.5, 0.6) is 0 Å². The molecule has 0 spiro atoms. The average Bonchev–Trinajstić information content (AvgIpc) is 3.14. The Morgan fingerprint density at radius 1 is 1.24 bits per heavy atom. The van der Waals surface area contributed by atoms with Crippen molar-refractivity contribution in [2.75, 3.05) is 6.61 Å². The van der Waals surface area contributed by atoms with Gasteiger partial charge in [-0.15, -0.1) is 0 Å². The fourth-order valence-corrected chi connectivity index (χ4v) is 2.15. The molecule has 2 aromatic rings. The maximum absolute atomic E-state index is 11.4. The van der Waals surface area contributed by atoms with E-state index in [1.54, 1.807) is 12.1 Å². The van der Waals surface area contributed by atoms with Crippen LogP contribution < -0.4 is 0 Å². The summed E-state index contributed by atoms with van der Waals surface area (Å²) in [5, 5.41) is 38.2. The van der Waals surface area contributed by atoms with Crippen LogP contribution in [-0.2, 0) is 9.53 Å². The number of unbranched alkanes of at least 4 members (excludes halogenated alkanes) is 1. The number of para-hydroxylation sites is 1. The van der Waals surface area contributed by atoms with Gasteiger partial charge in [0.05, 0.1) is 11.9 Å². The Labute approximate surface area is 145 Å². The highest BCUT2D eigenvalue weighted by Crippen LogP contribution is 2.18. The van der Waals surface area contributed by atoms with E-state index in [1.807, 2.05) is 25.1 Å². The van der Waals surface area contributed by atoms with Gasteiger partial charge in [-0.05, 0) is 18.6 Å². The molecule has 8 nitrogen and oxygen atoms in total. The molecule has 136 valence electrons. The highest BCUT2D eigenvalue weighted by Gasteiger charge is 2.29. The molecule has 1 aromatic carbocycles. The van der Waals surface area contributed by atoms with Gasteiger partial charge in [-0.3, -0.25) is 4.79 Å². The van der Waals surface area contributed by atoms with Crippen LogP contribution >= 0.6 is 0 Å². The summed E-state index contributed by atoms with van der Waals surface area (Å²) in [5.41, 5.74) is 0.800. The van der Waals surface area contributed by atoms with Crippen molar-refractivity contribution in [3.63, 3.8) is 0 Å². The van der Waals surface area contributed by atoms with Crippen molar-refractivity contribution < 1.29 is 24.9 Å². The molecule has 25 heavy (non-hydrogen) atoms. The molecular weight excluding hydrogens is 326 g/mol. The van der Waals surface area contributed by atoms with Crippen LogP contribution in [0.4, 0.5) is 0 Å². The maximum Gasteiger partial charge on any atom is 0.305 e. The Balaban J connectivity index is 1.92. The van der Waals surface area contributed by atoms with E-state index in [0.717, 1.165) is 6.42 Å². The Bertz CT molecular complexity index is 661. The number of rotatable bonds is 9. The van der Waals surface area contributed by atoms with Crippen LogP contribution in [0.2, 0.25) is 0 Å². The van der Waals surface area contributed by atoms with Gasteiger partial charge in [0.15, 0.2) is 0 Å². The number of esters is 1. The van der Waals surface area contributed by atoms with Crippen molar-refractivity contribution in [1.29, 1.82) is 0 Å². The predicted octanol–water partition coefficient (Wildman–Crippen LogP) is 0.756. The highest BCUT2D eigenvalue weighted by molar-refractivity contribution is 5.69. The number of nitrogens with zero attached hydrogens (tertiary/aromatic N) is 3. The summed E-state index contributed by atoms with van der Waals surface area (Å²) in [6.07, 6.45) is -1.32. The normalized spacial score (nSPS) is 14.7. The van der Waals surface area contributed by atoms with Crippen molar-refractivity contribution in [2.45, 2.75) is 44.5 Å². The summed E-state index contributed by atoms with van der Waals surface area (Å²) in [7, 11) is 0. The molecule has 0 fully saturated rings. The second-order valence-corrected chi connectivity index (χ2v) is 5.68. The molecule has 0 saturated carbocycles. The van der Waals surface area contributed by atoms with Crippen molar-refractivity contribution in [3.8, 4) is 5.69 Å². The molecule has 0 saturated heterocycles. The van der Waals surface area contributed by atoms with Gasteiger partial charge in [0.1, 0.15) is 30.6 Å². The lowest BCUT2D eigenvalue weighted by molar-refractivity contribution is -0.152. The van der Waals surface area contributed by atoms with Gasteiger partial charge in [-0.25, -0.2) is 0 Å². The number of aliphatic hydroxyl groups excluding tert-OH is 3. The van der Waals surface area contributed by atoms with Crippen molar-refractivity contribution in [1.82, 2.24) is 15.0 Å². The molecule has 1 aromatic heterocycles. The van der Waals surface area contributed by atoms with Gasteiger partial charge in [0.2, 0.25) is 0 Å². The zero-order chi connectivity index (χ0) is 18.2. The van der Waals surface area contributed by atoms with Crippen LogP contribution in [-0.4, -0.2) is 55.1 Å². The molecule has 0 bridgehead atoms. The van der Waals surface area contributed by atoms with E-state index in [0.29, 0.717) is 12.1 Å². The minimum atomic E-state index is -1.56. The number of aromatic nitrogens is 3.